The van der Waals surface area contributed by atoms with E-state index in [4.69, 9.17) is 4.74 Å². The van der Waals surface area contributed by atoms with Crippen molar-refractivity contribution in [1.82, 2.24) is 0 Å². The molecule has 2 rings (SSSR count). The van der Waals surface area contributed by atoms with Crippen LogP contribution in [0.5, 0.6) is 5.75 Å². The van der Waals surface area contributed by atoms with E-state index in [1.807, 2.05) is 35.7 Å². The first-order valence-electron chi connectivity index (χ1n) is 5.44. The first-order chi connectivity index (χ1) is 8.78. The van der Waals surface area contributed by atoms with Gasteiger partial charge in [-0.2, -0.15) is 0 Å². The lowest BCUT2D eigenvalue weighted by atomic mass is 10.3. The van der Waals surface area contributed by atoms with Crippen LogP contribution >= 0.6 is 11.3 Å². The van der Waals surface area contributed by atoms with Crippen LogP contribution in [0.3, 0.4) is 0 Å². The lowest BCUT2D eigenvalue weighted by Crippen LogP contribution is -2.07. The summed E-state index contributed by atoms with van der Waals surface area (Å²) in [5, 5.41) is 4.75. The minimum absolute atomic E-state index is 0.156. The Kier molecular flexibility index (Phi) is 4.15. The summed E-state index contributed by atoms with van der Waals surface area (Å²) in [6.45, 7) is 0. The van der Waals surface area contributed by atoms with Crippen molar-refractivity contribution >= 4 is 29.0 Å². The Morgan fingerprint density at radius 2 is 2.22 bits per heavy atom. The number of rotatable bonds is 4. The molecule has 0 unspecified atom stereocenters. The molecule has 1 N–H and O–H groups in total. The SMILES string of the molecule is COc1cccc(NC(=O)C=Cc2cccs2)c1. The molecule has 0 aliphatic rings. The standard InChI is InChI=1S/C14H13NO2S/c1-17-12-5-2-4-11(10-12)15-14(16)8-7-13-6-3-9-18-13/h2-10H,1H3,(H,15,16). The molecule has 1 aromatic heterocycles. The van der Waals surface area contributed by atoms with Gasteiger partial charge in [-0.25, -0.2) is 0 Å². The number of thiophene rings is 1. The van der Waals surface area contributed by atoms with Crippen molar-refractivity contribution < 1.29 is 9.53 Å². The van der Waals surface area contributed by atoms with Gasteiger partial charge in [-0.1, -0.05) is 12.1 Å². The monoisotopic (exact) mass is 259 g/mol. The van der Waals surface area contributed by atoms with Gasteiger partial charge in [0.1, 0.15) is 5.75 Å². The molecule has 0 saturated carbocycles. The molecular weight excluding hydrogens is 246 g/mol. The van der Waals surface area contributed by atoms with E-state index in [0.717, 1.165) is 16.3 Å². The zero-order chi connectivity index (χ0) is 12.8. The summed E-state index contributed by atoms with van der Waals surface area (Å²) in [5.41, 5.74) is 0.718. The van der Waals surface area contributed by atoms with Gasteiger partial charge < -0.3 is 10.1 Å². The number of hydrogen-bond donors (Lipinski definition) is 1. The fourth-order valence-corrected chi connectivity index (χ4v) is 2.05. The van der Waals surface area contributed by atoms with E-state index in [-0.39, 0.29) is 5.91 Å². The lowest BCUT2D eigenvalue weighted by Gasteiger charge is -2.04. The van der Waals surface area contributed by atoms with Crippen LogP contribution in [0.15, 0.2) is 47.9 Å². The maximum absolute atomic E-state index is 11.7. The number of carbonyl (C=O) groups is 1. The van der Waals surface area contributed by atoms with Gasteiger partial charge in [0.25, 0.3) is 0 Å². The highest BCUT2D eigenvalue weighted by molar-refractivity contribution is 7.10. The van der Waals surface area contributed by atoms with Crippen molar-refractivity contribution in [1.29, 1.82) is 0 Å². The second-order valence-electron chi connectivity index (χ2n) is 3.57. The Bertz CT molecular complexity index is 547. The number of nitrogens with one attached hydrogen (secondary N) is 1. The molecule has 0 aliphatic carbocycles. The van der Waals surface area contributed by atoms with Crippen molar-refractivity contribution in [3.05, 3.63) is 52.7 Å². The molecule has 1 heterocycles. The highest BCUT2D eigenvalue weighted by atomic mass is 32.1. The predicted molar refractivity (Wildman–Crippen MR) is 75.0 cm³/mol. The number of methoxy groups -OCH3 is 1. The Morgan fingerprint density at radius 1 is 1.33 bits per heavy atom. The van der Waals surface area contributed by atoms with Crippen LogP contribution in [-0.2, 0) is 4.79 Å². The van der Waals surface area contributed by atoms with Crippen molar-refractivity contribution in [2.75, 3.05) is 12.4 Å². The molecule has 18 heavy (non-hydrogen) atoms. The molecule has 0 atom stereocenters. The van der Waals surface area contributed by atoms with Crippen molar-refractivity contribution in [2.45, 2.75) is 0 Å². The first-order valence-corrected chi connectivity index (χ1v) is 6.32. The summed E-state index contributed by atoms with van der Waals surface area (Å²) in [6, 6.07) is 11.2. The summed E-state index contributed by atoms with van der Waals surface area (Å²) in [4.78, 5) is 12.7. The van der Waals surface area contributed by atoms with Gasteiger partial charge in [-0.15, -0.1) is 11.3 Å². The minimum Gasteiger partial charge on any atom is -0.497 e. The molecule has 3 nitrogen and oxygen atoms in total. The molecule has 1 amide bonds. The first kappa shape index (κ1) is 12.4. The summed E-state index contributed by atoms with van der Waals surface area (Å²) in [6.07, 6.45) is 3.31. The molecule has 0 radical (unpaired) electrons. The maximum Gasteiger partial charge on any atom is 0.248 e. The van der Waals surface area contributed by atoms with Crippen molar-refractivity contribution in [3.63, 3.8) is 0 Å². The van der Waals surface area contributed by atoms with E-state index in [1.54, 1.807) is 30.6 Å². The Balaban J connectivity index is 1.98. The molecule has 0 bridgehead atoms. The summed E-state index contributed by atoms with van der Waals surface area (Å²) >= 11 is 1.59. The largest absolute Gasteiger partial charge is 0.497 e. The average molecular weight is 259 g/mol. The summed E-state index contributed by atoms with van der Waals surface area (Å²) < 4.78 is 5.09. The normalized spacial score (nSPS) is 10.5. The molecule has 0 fully saturated rings. The average Bonchev–Trinajstić information content (AvgIpc) is 2.90. The van der Waals surface area contributed by atoms with Gasteiger partial charge >= 0.3 is 0 Å². The smallest absolute Gasteiger partial charge is 0.248 e. The topological polar surface area (TPSA) is 38.3 Å². The van der Waals surface area contributed by atoms with E-state index in [0.29, 0.717) is 0 Å². The van der Waals surface area contributed by atoms with E-state index in [2.05, 4.69) is 5.32 Å². The van der Waals surface area contributed by atoms with Gasteiger partial charge in [-0.05, 0) is 29.7 Å². The third-order valence-electron chi connectivity index (χ3n) is 2.28. The number of anilines is 1. The Labute approximate surface area is 110 Å². The fraction of sp³-hybridized carbons (Fsp3) is 0.0714. The van der Waals surface area contributed by atoms with Crippen LogP contribution in [-0.4, -0.2) is 13.0 Å². The van der Waals surface area contributed by atoms with E-state index < -0.39 is 0 Å². The Hall–Kier alpha value is -2.07. The van der Waals surface area contributed by atoms with Gasteiger partial charge in [0.15, 0.2) is 0 Å². The van der Waals surface area contributed by atoms with Crippen LogP contribution in [0.1, 0.15) is 4.88 Å². The van der Waals surface area contributed by atoms with Gasteiger partial charge in [-0.3, -0.25) is 4.79 Å². The maximum atomic E-state index is 11.7. The quantitative estimate of drug-likeness (QED) is 0.854. The minimum atomic E-state index is -0.156. The van der Waals surface area contributed by atoms with Gasteiger partial charge in [0, 0.05) is 22.7 Å². The highest BCUT2D eigenvalue weighted by Crippen LogP contribution is 2.17. The molecule has 4 heteroatoms. The number of carbonyl (C=O) groups excluding carboxylic acids is 1. The van der Waals surface area contributed by atoms with Crippen LogP contribution in [0.4, 0.5) is 5.69 Å². The van der Waals surface area contributed by atoms with Gasteiger partial charge in [0.2, 0.25) is 5.91 Å². The van der Waals surface area contributed by atoms with E-state index in [1.165, 1.54) is 6.08 Å². The van der Waals surface area contributed by atoms with Crippen LogP contribution in [0.25, 0.3) is 6.08 Å². The van der Waals surface area contributed by atoms with E-state index in [9.17, 15) is 4.79 Å². The number of amides is 1. The van der Waals surface area contributed by atoms with Crippen molar-refractivity contribution in [2.24, 2.45) is 0 Å². The molecule has 0 aliphatic heterocycles. The molecule has 0 saturated heterocycles. The number of benzene rings is 1. The van der Waals surface area contributed by atoms with E-state index >= 15 is 0 Å². The summed E-state index contributed by atoms with van der Waals surface area (Å²) in [7, 11) is 1.59. The highest BCUT2D eigenvalue weighted by Gasteiger charge is 1.99. The zero-order valence-electron chi connectivity index (χ0n) is 9.92. The Morgan fingerprint density at radius 3 is 2.94 bits per heavy atom. The second kappa shape index (κ2) is 6.02. The fourth-order valence-electron chi connectivity index (χ4n) is 1.43. The molecule has 1 aromatic carbocycles. The molecule has 0 spiro atoms. The van der Waals surface area contributed by atoms with Crippen molar-refractivity contribution in [3.8, 4) is 5.75 Å². The molecule has 2 aromatic rings. The number of hydrogen-bond acceptors (Lipinski definition) is 3. The van der Waals surface area contributed by atoms with Crippen LogP contribution < -0.4 is 10.1 Å². The van der Waals surface area contributed by atoms with Crippen LogP contribution in [0, 0.1) is 0 Å². The zero-order valence-corrected chi connectivity index (χ0v) is 10.7. The molecule has 92 valence electrons. The van der Waals surface area contributed by atoms with Gasteiger partial charge in [0.05, 0.1) is 7.11 Å². The van der Waals surface area contributed by atoms with Crippen LogP contribution in [0.2, 0.25) is 0 Å². The second-order valence-corrected chi connectivity index (χ2v) is 4.55. The summed E-state index contributed by atoms with van der Waals surface area (Å²) in [5.74, 6) is 0.562. The third kappa shape index (κ3) is 3.46. The predicted octanol–water partition coefficient (Wildman–Crippen LogP) is 3.41. The number of ether oxygens (including phenoxy) is 1. The third-order valence-corrected chi connectivity index (χ3v) is 3.12. The molecular formula is C14H13NO2S. The lowest BCUT2D eigenvalue weighted by molar-refractivity contribution is -0.111.